The van der Waals surface area contributed by atoms with Crippen LogP contribution in [-0.2, 0) is 9.59 Å². The van der Waals surface area contributed by atoms with E-state index in [1.54, 1.807) is 0 Å². The third-order valence-corrected chi connectivity index (χ3v) is 5.06. The van der Waals surface area contributed by atoms with Gasteiger partial charge in [-0.05, 0) is 13.3 Å². The van der Waals surface area contributed by atoms with Gasteiger partial charge in [-0.3, -0.25) is 4.79 Å². The van der Waals surface area contributed by atoms with Crippen LogP contribution in [0.3, 0.4) is 0 Å². The molecule has 0 aromatic heterocycles. The number of hydrogen-bond donors (Lipinski definition) is 2. The van der Waals surface area contributed by atoms with Crippen molar-refractivity contribution in [3.8, 4) is 0 Å². The molecular weight excluding hydrogens is 365 g/mol. The van der Waals surface area contributed by atoms with Crippen molar-refractivity contribution in [3.05, 3.63) is 0 Å². The van der Waals surface area contributed by atoms with E-state index in [1.807, 2.05) is 0 Å². The summed E-state index contributed by atoms with van der Waals surface area (Å²) >= 11 is 0. The topological polar surface area (TPSA) is 89.5 Å². The predicted octanol–water partition coefficient (Wildman–Crippen LogP) is 0.867. The molecule has 0 heterocycles. The van der Waals surface area contributed by atoms with Crippen LogP contribution in [0, 0.1) is 0 Å². The van der Waals surface area contributed by atoms with Gasteiger partial charge in [0.05, 0.1) is 18.1 Å². The second kappa shape index (κ2) is 21.6. The zero-order chi connectivity index (χ0) is 20.3. The largest absolute Gasteiger partial charge is 1.00 e. The number of amides is 1. The first-order valence-electron chi connectivity index (χ1n) is 11.2. The number of carbonyl (C=O) groups is 2. The van der Waals surface area contributed by atoms with Crippen molar-refractivity contribution in [2.75, 3.05) is 0 Å². The van der Waals surface area contributed by atoms with E-state index in [9.17, 15) is 19.8 Å². The Morgan fingerprint density at radius 2 is 1.14 bits per heavy atom. The van der Waals surface area contributed by atoms with Crippen molar-refractivity contribution >= 4 is 11.9 Å². The Hall–Kier alpha value is -0.100. The van der Waals surface area contributed by atoms with Crippen molar-refractivity contribution in [2.24, 2.45) is 0 Å². The molecule has 0 rings (SSSR count). The van der Waals surface area contributed by atoms with Gasteiger partial charge in [0.15, 0.2) is 0 Å². The quantitative estimate of drug-likeness (QED) is 0.246. The molecule has 0 unspecified atom stereocenters. The Morgan fingerprint density at radius 1 is 0.786 bits per heavy atom. The molecule has 0 aliphatic carbocycles. The molecule has 28 heavy (non-hydrogen) atoms. The van der Waals surface area contributed by atoms with E-state index in [4.69, 9.17) is 0 Å². The molecule has 6 heteroatoms. The van der Waals surface area contributed by atoms with E-state index in [0.717, 1.165) is 19.3 Å². The van der Waals surface area contributed by atoms with Gasteiger partial charge in [-0.25, -0.2) is 0 Å². The molecule has 0 spiro atoms. The van der Waals surface area contributed by atoms with Crippen LogP contribution < -0.4 is 40.0 Å². The molecule has 160 valence electrons. The maximum absolute atomic E-state index is 11.7. The number of hydrogen-bond acceptors (Lipinski definition) is 4. The molecule has 2 N–H and O–H groups in total. The standard InChI is InChI=1S/C22H43NO4.Na/c1-3-4-5-6-7-8-9-10-11-12-13-14-15-16-17-18-20(25)23-21(19(2)24)22(26)27;/h19,21,24H,3-18H2,1-2H3,(H,23,25)(H,26,27);/q;+1/p-1/t19-,21+;/m1./s1. The summed E-state index contributed by atoms with van der Waals surface area (Å²) in [5.74, 6) is -1.78. The molecule has 0 bridgehead atoms. The minimum absolute atomic E-state index is 0. The van der Waals surface area contributed by atoms with Crippen molar-refractivity contribution in [2.45, 2.75) is 129 Å². The number of carbonyl (C=O) groups excluding carboxylic acids is 2. The van der Waals surface area contributed by atoms with Gasteiger partial charge in [0.25, 0.3) is 0 Å². The number of carboxylic acids is 1. The Balaban J connectivity index is 0. The molecule has 0 saturated heterocycles. The summed E-state index contributed by atoms with van der Waals surface area (Å²) in [7, 11) is 0. The average Bonchev–Trinajstić information content (AvgIpc) is 2.62. The summed E-state index contributed by atoms with van der Waals surface area (Å²) in [6.45, 7) is 3.58. The average molecular weight is 408 g/mol. The van der Waals surface area contributed by atoms with Crippen LogP contribution in [0.5, 0.6) is 0 Å². The Labute approximate surface area is 194 Å². The van der Waals surface area contributed by atoms with Crippen LogP contribution in [0.25, 0.3) is 0 Å². The number of aliphatic carboxylic acids is 1. The molecule has 2 atom stereocenters. The number of rotatable bonds is 19. The van der Waals surface area contributed by atoms with Gasteiger partial charge >= 0.3 is 29.6 Å². The maximum Gasteiger partial charge on any atom is 1.00 e. The first kappa shape index (κ1) is 30.1. The van der Waals surface area contributed by atoms with Gasteiger partial charge in [-0.15, -0.1) is 0 Å². The summed E-state index contributed by atoms with van der Waals surface area (Å²) in [4.78, 5) is 22.5. The van der Waals surface area contributed by atoms with E-state index in [2.05, 4.69) is 12.2 Å². The Bertz CT molecular complexity index is 378. The van der Waals surface area contributed by atoms with E-state index in [1.165, 1.54) is 84.0 Å². The van der Waals surface area contributed by atoms with Crippen LogP contribution in [0.15, 0.2) is 0 Å². The third kappa shape index (κ3) is 19.2. The SMILES string of the molecule is CCCCCCCCCCCCCCCCCC(=O)N[C@H](C(=O)[O-])[C@@H](C)O.[Na+]. The number of aliphatic hydroxyl groups excluding tert-OH is 1. The van der Waals surface area contributed by atoms with Gasteiger partial charge in [0.1, 0.15) is 0 Å². The number of aliphatic hydroxyl groups is 1. The molecule has 0 radical (unpaired) electrons. The zero-order valence-electron chi connectivity index (χ0n) is 18.6. The van der Waals surface area contributed by atoms with Gasteiger partial charge in [-0.1, -0.05) is 96.8 Å². The molecule has 5 nitrogen and oxygen atoms in total. The molecule has 1 amide bonds. The fourth-order valence-corrected chi connectivity index (χ4v) is 3.28. The second-order valence-electron chi connectivity index (χ2n) is 7.80. The minimum Gasteiger partial charge on any atom is -0.548 e. The summed E-state index contributed by atoms with van der Waals surface area (Å²) < 4.78 is 0. The summed E-state index contributed by atoms with van der Waals surface area (Å²) in [5.41, 5.74) is 0. The first-order valence-corrected chi connectivity index (χ1v) is 11.2. The fraction of sp³-hybridized carbons (Fsp3) is 0.909. The Morgan fingerprint density at radius 3 is 1.46 bits per heavy atom. The van der Waals surface area contributed by atoms with E-state index in [-0.39, 0.29) is 35.5 Å². The maximum atomic E-state index is 11.7. The van der Waals surface area contributed by atoms with Gasteiger partial charge in [0.2, 0.25) is 5.91 Å². The van der Waals surface area contributed by atoms with Crippen molar-refractivity contribution in [3.63, 3.8) is 0 Å². The molecule has 0 aromatic carbocycles. The number of carboxylic acid groups (broad SMARTS) is 1. The van der Waals surface area contributed by atoms with Crippen LogP contribution in [-0.4, -0.2) is 29.1 Å². The molecule has 0 aromatic rings. The smallest absolute Gasteiger partial charge is 0.548 e. The zero-order valence-corrected chi connectivity index (χ0v) is 20.6. The molecule has 0 aliphatic heterocycles. The van der Waals surface area contributed by atoms with E-state index in [0.29, 0.717) is 6.42 Å². The molecule has 0 aliphatic rings. The Kier molecular flexibility index (Phi) is 23.2. The van der Waals surface area contributed by atoms with Crippen molar-refractivity contribution in [1.29, 1.82) is 0 Å². The van der Waals surface area contributed by atoms with Gasteiger partial charge < -0.3 is 20.3 Å². The second-order valence-corrected chi connectivity index (χ2v) is 7.80. The van der Waals surface area contributed by atoms with Crippen LogP contribution in [0.2, 0.25) is 0 Å². The van der Waals surface area contributed by atoms with Gasteiger partial charge in [0, 0.05) is 6.42 Å². The van der Waals surface area contributed by atoms with E-state index < -0.39 is 18.1 Å². The van der Waals surface area contributed by atoms with Crippen LogP contribution in [0.1, 0.15) is 117 Å². The predicted molar refractivity (Wildman–Crippen MR) is 108 cm³/mol. The fourth-order valence-electron chi connectivity index (χ4n) is 3.28. The van der Waals surface area contributed by atoms with Crippen molar-refractivity contribution < 1.29 is 49.4 Å². The number of unbranched alkanes of at least 4 members (excludes halogenated alkanes) is 14. The number of nitrogens with one attached hydrogen (secondary N) is 1. The van der Waals surface area contributed by atoms with Crippen LogP contribution in [0.4, 0.5) is 0 Å². The summed E-state index contributed by atoms with van der Waals surface area (Å²) in [6.07, 6.45) is 18.1. The van der Waals surface area contributed by atoms with E-state index >= 15 is 0 Å². The molecule has 0 fully saturated rings. The normalized spacial score (nSPS) is 12.8. The summed E-state index contributed by atoms with van der Waals surface area (Å²) in [5, 5.41) is 22.4. The summed E-state index contributed by atoms with van der Waals surface area (Å²) in [6, 6.07) is -1.33. The molecular formula is C22H42NNaO4. The minimum atomic E-state index is -1.45. The molecule has 0 saturated carbocycles. The van der Waals surface area contributed by atoms with Crippen molar-refractivity contribution in [1.82, 2.24) is 5.32 Å². The third-order valence-electron chi connectivity index (χ3n) is 5.06. The van der Waals surface area contributed by atoms with Crippen LogP contribution >= 0.6 is 0 Å². The first-order chi connectivity index (χ1) is 13.0. The monoisotopic (exact) mass is 407 g/mol. The van der Waals surface area contributed by atoms with Gasteiger partial charge in [-0.2, -0.15) is 0 Å².